The molecule has 1 amide bonds. The van der Waals surface area contributed by atoms with Crippen LogP contribution in [0.1, 0.15) is 10.4 Å². The van der Waals surface area contributed by atoms with Crippen molar-refractivity contribution in [2.24, 2.45) is 5.73 Å². The Bertz CT molecular complexity index is 1200. The number of aromatic nitrogens is 1. The molecule has 4 aromatic rings. The van der Waals surface area contributed by atoms with E-state index in [2.05, 4.69) is 4.98 Å². The number of carbonyl (C=O) groups is 2. The summed E-state index contributed by atoms with van der Waals surface area (Å²) in [7, 11) is 0. The molecule has 0 aliphatic heterocycles. The number of fused-ring (bicyclic) bond motifs is 2. The highest BCUT2D eigenvalue weighted by Crippen LogP contribution is 2.29. The van der Waals surface area contributed by atoms with Gasteiger partial charge < -0.3 is 10.8 Å². The summed E-state index contributed by atoms with van der Waals surface area (Å²) in [5.41, 5.74) is 6.71. The molecule has 6 nitrogen and oxygen atoms in total. The molecule has 0 radical (unpaired) electrons. The second-order valence-corrected chi connectivity index (χ2v) is 6.39. The van der Waals surface area contributed by atoms with E-state index in [0.29, 0.717) is 11.3 Å². The van der Waals surface area contributed by atoms with Gasteiger partial charge in [-0.3, -0.25) is 14.7 Å². The van der Waals surface area contributed by atoms with Gasteiger partial charge in [0.1, 0.15) is 0 Å². The lowest BCUT2D eigenvalue weighted by molar-refractivity contribution is -0.138. The molecule has 4 rings (SSSR count). The number of carboxylic acids is 1. The minimum absolute atomic E-state index is 0.338. The molecule has 1 aromatic heterocycles. The average molecular weight is 371 g/mol. The lowest BCUT2D eigenvalue weighted by atomic mass is 10.0. The lowest BCUT2D eigenvalue weighted by Crippen LogP contribution is -2.51. The normalized spacial score (nSPS) is 12.0. The van der Waals surface area contributed by atoms with Gasteiger partial charge in [-0.2, -0.15) is 0 Å². The number of anilines is 1. The van der Waals surface area contributed by atoms with Gasteiger partial charge in [0.05, 0.1) is 5.69 Å². The van der Waals surface area contributed by atoms with Gasteiger partial charge in [-0.15, -0.1) is 0 Å². The number of carboxylic acid groups (broad SMARTS) is 1. The SMILES string of the molecule is N[C@@H](C(=O)O)N(C(=O)c1ccc2ccncc2c1)c1cccc2ccccc12. The summed E-state index contributed by atoms with van der Waals surface area (Å²) < 4.78 is 0. The number of amides is 1. The molecule has 6 heteroatoms. The van der Waals surface area contributed by atoms with Gasteiger partial charge >= 0.3 is 5.97 Å². The van der Waals surface area contributed by atoms with E-state index in [-0.39, 0.29) is 0 Å². The largest absolute Gasteiger partial charge is 0.479 e. The van der Waals surface area contributed by atoms with Crippen molar-refractivity contribution in [1.29, 1.82) is 0 Å². The van der Waals surface area contributed by atoms with Crippen molar-refractivity contribution in [1.82, 2.24) is 4.98 Å². The zero-order valence-corrected chi connectivity index (χ0v) is 14.8. The molecule has 0 unspecified atom stereocenters. The molecular formula is C22H17N3O3. The minimum Gasteiger partial charge on any atom is -0.479 e. The van der Waals surface area contributed by atoms with Gasteiger partial charge in [0, 0.05) is 28.7 Å². The Hall–Kier alpha value is -3.77. The quantitative estimate of drug-likeness (QED) is 0.536. The monoisotopic (exact) mass is 371 g/mol. The van der Waals surface area contributed by atoms with Crippen LogP contribution in [-0.2, 0) is 4.79 Å². The first-order chi connectivity index (χ1) is 13.6. The molecule has 0 saturated carbocycles. The van der Waals surface area contributed by atoms with E-state index in [1.54, 1.807) is 42.7 Å². The molecule has 3 aromatic carbocycles. The molecule has 0 aliphatic rings. The molecule has 0 aliphatic carbocycles. The van der Waals surface area contributed by atoms with Crippen LogP contribution in [-0.4, -0.2) is 28.1 Å². The highest BCUT2D eigenvalue weighted by Gasteiger charge is 2.30. The molecule has 0 saturated heterocycles. The Morgan fingerprint density at radius 1 is 0.929 bits per heavy atom. The van der Waals surface area contributed by atoms with Gasteiger partial charge in [-0.25, -0.2) is 4.79 Å². The number of aliphatic carboxylic acids is 1. The maximum atomic E-state index is 13.3. The van der Waals surface area contributed by atoms with Crippen molar-refractivity contribution in [3.63, 3.8) is 0 Å². The van der Waals surface area contributed by atoms with Gasteiger partial charge in [0.15, 0.2) is 6.17 Å². The summed E-state index contributed by atoms with van der Waals surface area (Å²) in [6.07, 6.45) is 1.81. The van der Waals surface area contributed by atoms with Crippen LogP contribution >= 0.6 is 0 Å². The Labute approximate surface area is 160 Å². The van der Waals surface area contributed by atoms with Gasteiger partial charge in [-0.1, -0.05) is 42.5 Å². The van der Waals surface area contributed by atoms with E-state index in [1.165, 1.54) is 0 Å². The van der Waals surface area contributed by atoms with Gasteiger partial charge in [0.25, 0.3) is 5.91 Å². The van der Waals surface area contributed by atoms with Crippen LogP contribution in [0.15, 0.2) is 79.1 Å². The predicted molar refractivity (Wildman–Crippen MR) is 108 cm³/mol. The number of pyridine rings is 1. The Morgan fingerprint density at radius 3 is 2.54 bits per heavy atom. The summed E-state index contributed by atoms with van der Waals surface area (Å²) in [5, 5.41) is 12.9. The number of carbonyl (C=O) groups excluding carboxylic acids is 1. The molecule has 1 heterocycles. The van der Waals surface area contributed by atoms with E-state index >= 15 is 0 Å². The highest BCUT2D eigenvalue weighted by atomic mass is 16.4. The fraction of sp³-hybridized carbons (Fsp3) is 0.0455. The average Bonchev–Trinajstić information content (AvgIpc) is 2.73. The van der Waals surface area contributed by atoms with E-state index in [4.69, 9.17) is 5.73 Å². The van der Waals surface area contributed by atoms with Gasteiger partial charge in [-0.05, 0) is 35.0 Å². The predicted octanol–water partition coefficient (Wildman–Crippen LogP) is 3.40. The minimum atomic E-state index is -1.53. The van der Waals surface area contributed by atoms with E-state index < -0.39 is 18.0 Å². The molecule has 0 fully saturated rings. The van der Waals surface area contributed by atoms with Crippen LogP contribution < -0.4 is 10.6 Å². The first kappa shape index (κ1) is 17.6. The number of benzene rings is 3. The van der Waals surface area contributed by atoms with Crippen molar-refractivity contribution in [2.45, 2.75) is 6.17 Å². The van der Waals surface area contributed by atoms with Crippen molar-refractivity contribution < 1.29 is 14.7 Å². The highest BCUT2D eigenvalue weighted by molar-refractivity contribution is 6.14. The van der Waals surface area contributed by atoms with Crippen LogP contribution in [0.2, 0.25) is 0 Å². The molecule has 3 N–H and O–H groups in total. The van der Waals surface area contributed by atoms with Crippen molar-refractivity contribution >= 4 is 39.1 Å². The molecule has 0 spiro atoms. The lowest BCUT2D eigenvalue weighted by Gasteiger charge is -2.27. The molecule has 1 atom stereocenters. The van der Waals surface area contributed by atoms with E-state index in [0.717, 1.165) is 26.4 Å². The number of nitrogens with two attached hydrogens (primary N) is 1. The number of nitrogens with zero attached hydrogens (tertiary/aromatic N) is 2. The number of hydrogen-bond donors (Lipinski definition) is 2. The number of hydrogen-bond acceptors (Lipinski definition) is 4. The Kier molecular flexibility index (Phi) is 4.47. The van der Waals surface area contributed by atoms with E-state index in [9.17, 15) is 14.7 Å². The summed E-state index contributed by atoms with van der Waals surface area (Å²) in [6, 6.07) is 19.8. The zero-order valence-electron chi connectivity index (χ0n) is 14.8. The second kappa shape index (κ2) is 7.09. The molecule has 0 bridgehead atoms. The summed E-state index contributed by atoms with van der Waals surface area (Å²) >= 11 is 0. The smallest absolute Gasteiger partial charge is 0.341 e. The second-order valence-electron chi connectivity index (χ2n) is 6.39. The van der Waals surface area contributed by atoms with Crippen LogP contribution in [0.4, 0.5) is 5.69 Å². The fourth-order valence-corrected chi connectivity index (χ4v) is 3.27. The topological polar surface area (TPSA) is 96.5 Å². The molecule has 138 valence electrons. The first-order valence-electron chi connectivity index (χ1n) is 8.70. The standard InChI is InChI=1S/C22H17N3O3/c23-20(22(27)28)25(19-7-3-5-15-4-1-2-6-18(15)19)21(26)16-9-8-14-10-11-24-13-17(14)12-16/h1-13,20H,23H2,(H,27,28)/t20-/m1/s1. The summed E-state index contributed by atoms with van der Waals surface area (Å²) in [6.45, 7) is 0. The third kappa shape index (κ3) is 3.06. The maximum Gasteiger partial charge on any atom is 0.341 e. The van der Waals surface area contributed by atoms with Crippen molar-refractivity contribution in [3.8, 4) is 0 Å². The third-order valence-corrected chi connectivity index (χ3v) is 4.66. The maximum absolute atomic E-state index is 13.3. The Morgan fingerprint density at radius 2 is 1.71 bits per heavy atom. The molecule has 28 heavy (non-hydrogen) atoms. The summed E-state index contributed by atoms with van der Waals surface area (Å²) in [5.74, 6) is -1.78. The van der Waals surface area contributed by atoms with Crippen LogP contribution in [0.5, 0.6) is 0 Å². The zero-order chi connectivity index (χ0) is 19.7. The summed E-state index contributed by atoms with van der Waals surface area (Å²) in [4.78, 5) is 30.2. The third-order valence-electron chi connectivity index (χ3n) is 4.66. The van der Waals surface area contributed by atoms with Crippen molar-refractivity contribution in [2.75, 3.05) is 4.90 Å². The van der Waals surface area contributed by atoms with Crippen LogP contribution in [0, 0.1) is 0 Å². The Balaban J connectivity index is 1.88. The number of rotatable bonds is 4. The van der Waals surface area contributed by atoms with Crippen LogP contribution in [0.3, 0.4) is 0 Å². The molecular weight excluding hydrogens is 354 g/mol. The van der Waals surface area contributed by atoms with Crippen molar-refractivity contribution in [3.05, 3.63) is 84.7 Å². The first-order valence-corrected chi connectivity index (χ1v) is 8.70. The fourth-order valence-electron chi connectivity index (χ4n) is 3.27. The van der Waals surface area contributed by atoms with Gasteiger partial charge in [0.2, 0.25) is 0 Å². The van der Waals surface area contributed by atoms with Crippen LogP contribution in [0.25, 0.3) is 21.5 Å². The van der Waals surface area contributed by atoms with E-state index in [1.807, 2.05) is 36.4 Å².